The van der Waals surface area contributed by atoms with Gasteiger partial charge < -0.3 is 9.47 Å². The highest BCUT2D eigenvalue weighted by Gasteiger charge is 2.31. The van der Waals surface area contributed by atoms with Gasteiger partial charge in [-0.25, -0.2) is 4.98 Å². The Morgan fingerprint density at radius 3 is 2.72 bits per heavy atom. The van der Waals surface area contributed by atoms with Crippen molar-refractivity contribution in [1.82, 2.24) is 24.6 Å². The topological polar surface area (TPSA) is 63.9 Å². The van der Waals surface area contributed by atoms with Gasteiger partial charge in [0.25, 0.3) is 5.91 Å². The maximum absolute atomic E-state index is 14.1. The van der Waals surface area contributed by atoms with E-state index in [0.29, 0.717) is 6.54 Å². The lowest BCUT2D eigenvalue weighted by Gasteiger charge is -2.33. The summed E-state index contributed by atoms with van der Waals surface area (Å²) in [7, 11) is 0. The Balaban J connectivity index is 1.35. The first-order valence-corrected chi connectivity index (χ1v) is 13.3. The molecule has 184 valence electrons. The molecule has 1 fully saturated rings. The number of amides is 1. The van der Waals surface area contributed by atoms with Crippen LogP contribution >= 0.6 is 0 Å². The highest BCUT2D eigenvalue weighted by Crippen LogP contribution is 2.32. The Bertz CT molecular complexity index is 1440. The molecule has 2 aliphatic rings. The largest absolute Gasteiger partial charge is 0.338 e. The molecule has 6 nitrogen and oxygen atoms in total. The summed E-state index contributed by atoms with van der Waals surface area (Å²) >= 11 is 0. The number of likely N-dealkylation sites (tertiary alicyclic amines) is 1. The van der Waals surface area contributed by atoms with Crippen molar-refractivity contribution in [2.24, 2.45) is 0 Å². The van der Waals surface area contributed by atoms with E-state index in [1.165, 1.54) is 30.4 Å². The molecule has 0 radical (unpaired) electrons. The van der Waals surface area contributed by atoms with Crippen molar-refractivity contribution in [1.29, 1.82) is 0 Å². The van der Waals surface area contributed by atoms with E-state index in [1.54, 1.807) is 0 Å². The van der Waals surface area contributed by atoms with Crippen LogP contribution in [0.1, 0.15) is 71.2 Å². The third-order valence-corrected chi connectivity index (χ3v) is 7.82. The van der Waals surface area contributed by atoms with E-state index in [1.807, 2.05) is 35.2 Å². The number of para-hydroxylation sites is 1. The highest BCUT2D eigenvalue weighted by molar-refractivity contribution is 6.07. The maximum atomic E-state index is 14.1. The molecule has 6 heteroatoms. The van der Waals surface area contributed by atoms with Gasteiger partial charge >= 0.3 is 0 Å². The number of nitrogens with zero attached hydrogens (tertiary/aromatic N) is 5. The molecule has 0 spiro atoms. The molecular weight excluding hydrogens is 446 g/mol. The minimum atomic E-state index is 0.0833. The number of benzene rings is 2. The molecule has 2 aromatic carbocycles. The van der Waals surface area contributed by atoms with Crippen LogP contribution in [0.4, 0.5) is 0 Å². The Morgan fingerprint density at radius 2 is 1.83 bits per heavy atom. The zero-order valence-corrected chi connectivity index (χ0v) is 21.2. The first kappa shape index (κ1) is 22.9. The first-order chi connectivity index (χ1) is 17.6. The summed E-state index contributed by atoms with van der Waals surface area (Å²) < 4.78 is 2.34. The number of pyridine rings is 1. The molecule has 1 unspecified atom stereocenters. The standard InChI is InChI=1S/C30H33N5O/c1-20-13-14-23(21(2)17-20)27-18-25(24-10-5-6-11-26(24)31-27)30(36)34-15-8-9-22(19-34)29-33-32-28-12-4-3-7-16-35(28)29/h5-6,10-11,13-14,17-18,22H,3-4,7-9,12,15-16,19H2,1-2H3. The fourth-order valence-corrected chi connectivity index (χ4v) is 5.94. The number of hydrogen-bond donors (Lipinski definition) is 0. The molecule has 6 rings (SSSR count). The van der Waals surface area contributed by atoms with E-state index >= 15 is 0 Å². The van der Waals surface area contributed by atoms with Gasteiger partial charge in [0, 0.05) is 42.9 Å². The molecule has 0 saturated carbocycles. The van der Waals surface area contributed by atoms with Crippen LogP contribution in [0.25, 0.3) is 22.2 Å². The van der Waals surface area contributed by atoms with Crippen molar-refractivity contribution in [2.75, 3.05) is 13.1 Å². The number of piperidine rings is 1. The number of hydrogen-bond acceptors (Lipinski definition) is 4. The second-order valence-electron chi connectivity index (χ2n) is 10.4. The second-order valence-corrected chi connectivity index (χ2v) is 10.4. The zero-order valence-electron chi connectivity index (χ0n) is 21.2. The lowest BCUT2D eigenvalue weighted by Crippen LogP contribution is -2.40. The van der Waals surface area contributed by atoms with Crippen molar-refractivity contribution in [3.63, 3.8) is 0 Å². The normalized spacial score (nSPS) is 18.2. The van der Waals surface area contributed by atoms with Gasteiger partial charge in [-0.15, -0.1) is 10.2 Å². The number of carbonyl (C=O) groups is 1. The van der Waals surface area contributed by atoms with Gasteiger partial charge in [0.1, 0.15) is 11.6 Å². The van der Waals surface area contributed by atoms with Crippen molar-refractivity contribution in [3.05, 3.63) is 76.9 Å². The SMILES string of the molecule is Cc1ccc(-c2cc(C(=O)N3CCCC(c4nnc5n4CCCCC5)C3)c3ccccc3n2)c(C)c1. The van der Waals surface area contributed by atoms with Gasteiger partial charge in [0.05, 0.1) is 16.8 Å². The molecule has 2 aromatic heterocycles. The summed E-state index contributed by atoms with van der Waals surface area (Å²) in [5.41, 5.74) is 5.90. The Labute approximate surface area is 212 Å². The average molecular weight is 480 g/mol. The van der Waals surface area contributed by atoms with E-state index in [-0.39, 0.29) is 11.8 Å². The second kappa shape index (κ2) is 9.49. The number of rotatable bonds is 3. The molecule has 4 heterocycles. The van der Waals surface area contributed by atoms with Gasteiger partial charge in [0.2, 0.25) is 0 Å². The van der Waals surface area contributed by atoms with Crippen LogP contribution in [-0.2, 0) is 13.0 Å². The van der Waals surface area contributed by atoms with Crippen LogP contribution < -0.4 is 0 Å². The van der Waals surface area contributed by atoms with E-state index in [9.17, 15) is 4.79 Å². The molecule has 2 aliphatic heterocycles. The molecule has 4 aromatic rings. The minimum Gasteiger partial charge on any atom is -0.338 e. The van der Waals surface area contributed by atoms with Crippen LogP contribution in [0.5, 0.6) is 0 Å². The van der Waals surface area contributed by atoms with Crippen LogP contribution in [0.3, 0.4) is 0 Å². The molecular formula is C30H33N5O. The van der Waals surface area contributed by atoms with E-state index in [4.69, 9.17) is 4.98 Å². The Hall–Kier alpha value is -3.54. The summed E-state index contributed by atoms with van der Waals surface area (Å²) in [6.45, 7) is 6.66. The monoisotopic (exact) mass is 479 g/mol. The summed E-state index contributed by atoms with van der Waals surface area (Å²) in [5, 5.41) is 10.0. The van der Waals surface area contributed by atoms with E-state index in [0.717, 1.165) is 71.7 Å². The fourth-order valence-electron chi connectivity index (χ4n) is 5.94. The number of carbonyl (C=O) groups excluding carboxylic acids is 1. The molecule has 0 aliphatic carbocycles. The van der Waals surface area contributed by atoms with Crippen LogP contribution in [0.2, 0.25) is 0 Å². The lowest BCUT2D eigenvalue weighted by atomic mass is 9.95. The Kier molecular flexibility index (Phi) is 6.04. The molecule has 1 saturated heterocycles. The molecule has 0 bridgehead atoms. The first-order valence-electron chi connectivity index (χ1n) is 13.3. The summed E-state index contributed by atoms with van der Waals surface area (Å²) in [5.74, 6) is 2.50. The van der Waals surface area contributed by atoms with Gasteiger partial charge in [-0.3, -0.25) is 4.79 Å². The van der Waals surface area contributed by atoms with Crippen molar-refractivity contribution < 1.29 is 4.79 Å². The fraction of sp³-hybridized carbons (Fsp3) is 0.400. The van der Waals surface area contributed by atoms with Gasteiger partial charge in [-0.05, 0) is 57.2 Å². The Morgan fingerprint density at radius 1 is 0.944 bits per heavy atom. The number of aryl methyl sites for hydroxylation is 3. The number of fused-ring (bicyclic) bond motifs is 2. The van der Waals surface area contributed by atoms with Crippen LogP contribution in [0.15, 0.2) is 48.5 Å². The van der Waals surface area contributed by atoms with Crippen molar-refractivity contribution in [2.45, 2.75) is 64.8 Å². The van der Waals surface area contributed by atoms with Gasteiger partial charge in [0.15, 0.2) is 0 Å². The van der Waals surface area contributed by atoms with Crippen LogP contribution in [0, 0.1) is 13.8 Å². The third kappa shape index (κ3) is 4.19. The average Bonchev–Trinajstić information content (AvgIpc) is 3.15. The zero-order chi connectivity index (χ0) is 24.6. The number of aromatic nitrogens is 4. The molecule has 1 atom stereocenters. The lowest BCUT2D eigenvalue weighted by molar-refractivity contribution is 0.0705. The quantitative estimate of drug-likeness (QED) is 0.369. The molecule has 0 N–H and O–H groups in total. The smallest absolute Gasteiger partial charge is 0.254 e. The molecule has 36 heavy (non-hydrogen) atoms. The highest BCUT2D eigenvalue weighted by atomic mass is 16.2. The summed E-state index contributed by atoms with van der Waals surface area (Å²) in [4.78, 5) is 21.0. The van der Waals surface area contributed by atoms with Crippen molar-refractivity contribution in [3.8, 4) is 11.3 Å². The predicted molar refractivity (Wildman–Crippen MR) is 142 cm³/mol. The predicted octanol–water partition coefficient (Wildman–Crippen LogP) is 5.86. The third-order valence-electron chi connectivity index (χ3n) is 7.82. The molecule has 1 amide bonds. The summed E-state index contributed by atoms with van der Waals surface area (Å²) in [6.07, 6.45) is 6.64. The van der Waals surface area contributed by atoms with Crippen LogP contribution in [-0.4, -0.2) is 43.6 Å². The summed E-state index contributed by atoms with van der Waals surface area (Å²) in [6, 6.07) is 16.4. The van der Waals surface area contributed by atoms with Crippen molar-refractivity contribution >= 4 is 16.8 Å². The van der Waals surface area contributed by atoms with Gasteiger partial charge in [-0.2, -0.15) is 0 Å². The maximum Gasteiger partial charge on any atom is 0.254 e. The van der Waals surface area contributed by atoms with E-state index in [2.05, 4.69) is 46.8 Å². The minimum absolute atomic E-state index is 0.0833. The van der Waals surface area contributed by atoms with Gasteiger partial charge in [-0.1, -0.05) is 48.4 Å². The van der Waals surface area contributed by atoms with E-state index < -0.39 is 0 Å².